The lowest BCUT2D eigenvalue weighted by Gasteiger charge is -2.33. The van der Waals surface area contributed by atoms with Crippen molar-refractivity contribution in [3.8, 4) is 17.2 Å². The molecule has 30 heavy (non-hydrogen) atoms. The number of benzene rings is 2. The minimum atomic E-state index is -0.893. The number of hydrogen-bond acceptors (Lipinski definition) is 5. The summed E-state index contributed by atoms with van der Waals surface area (Å²) < 4.78 is 17.1. The number of carbonyl (C=O) groups is 1. The summed E-state index contributed by atoms with van der Waals surface area (Å²) in [5.74, 6) is 1.56. The number of rotatable bonds is 9. The number of carbonyl (C=O) groups excluding carboxylic acids is 1. The van der Waals surface area contributed by atoms with Gasteiger partial charge in [-0.25, -0.2) is 0 Å². The van der Waals surface area contributed by atoms with Gasteiger partial charge >= 0.3 is 0 Å². The fraction of sp³-hybridized carbons (Fsp3) is 0.458. The van der Waals surface area contributed by atoms with Crippen molar-refractivity contribution in [2.45, 2.75) is 38.9 Å². The van der Waals surface area contributed by atoms with Gasteiger partial charge in [0, 0.05) is 18.0 Å². The fourth-order valence-electron chi connectivity index (χ4n) is 3.94. The summed E-state index contributed by atoms with van der Waals surface area (Å²) in [4.78, 5) is 14.4. The maximum Gasteiger partial charge on any atom is 0.225 e. The molecule has 162 valence electrons. The van der Waals surface area contributed by atoms with Gasteiger partial charge in [-0.1, -0.05) is 37.3 Å². The molecular formula is C24H31NO5. The number of ether oxygens (including phenoxy) is 3. The van der Waals surface area contributed by atoms with Gasteiger partial charge in [0.2, 0.25) is 11.7 Å². The van der Waals surface area contributed by atoms with Crippen LogP contribution in [0.3, 0.4) is 0 Å². The molecule has 6 nitrogen and oxygen atoms in total. The van der Waals surface area contributed by atoms with E-state index in [2.05, 4.69) is 0 Å². The van der Waals surface area contributed by atoms with Crippen molar-refractivity contribution in [2.75, 3.05) is 27.3 Å². The van der Waals surface area contributed by atoms with E-state index < -0.39 is 6.10 Å². The minimum absolute atomic E-state index is 0.0464. The Morgan fingerprint density at radius 1 is 1.10 bits per heavy atom. The van der Waals surface area contributed by atoms with Crippen LogP contribution < -0.4 is 14.2 Å². The number of aliphatic hydroxyl groups excluding tert-OH is 1. The van der Waals surface area contributed by atoms with Gasteiger partial charge in [-0.15, -0.1) is 0 Å². The van der Waals surface area contributed by atoms with Crippen LogP contribution in [0.5, 0.6) is 17.2 Å². The average Bonchev–Trinajstić information content (AvgIpc) is 2.78. The average molecular weight is 414 g/mol. The van der Waals surface area contributed by atoms with Crippen LogP contribution in [0.4, 0.5) is 0 Å². The molecule has 0 bridgehead atoms. The zero-order valence-electron chi connectivity index (χ0n) is 18.0. The van der Waals surface area contributed by atoms with Crippen LogP contribution >= 0.6 is 0 Å². The summed E-state index contributed by atoms with van der Waals surface area (Å²) in [6.07, 6.45) is 1.81. The van der Waals surface area contributed by atoms with Gasteiger partial charge in [-0.05, 0) is 37.0 Å². The van der Waals surface area contributed by atoms with Crippen LogP contribution in [-0.4, -0.2) is 43.2 Å². The van der Waals surface area contributed by atoms with Gasteiger partial charge in [0.15, 0.2) is 11.5 Å². The Balaban J connectivity index is 1.85. The van der Waals surface area contributed by atoms with Crippen molar-refractivity contribution in [1.29, 1.82) is 0 Å². The molecule has 0 saturated carbocycles. The number of amides is 1. The predicted molar refractivity (Wildman–Crippen MR) is 115 cm³/mol. The van der Waals surface area contributed by atoms with Gasteiger partial charge in [0.05, 0.1) is 20.8 Å². The lowest BCUT2D eigenvalue weighted by Crippen LogP contribution is -2.43. The summed E-state index contributed by atoms with van der Waals surface area (Å²) in [6.45, 7) is 3.25. The van der Waals surface area contributed by atoms with E-state index in [0.717, 1.165) is 24.8 Å². The Morgan fingerprint density at radius 2 is 1.87 bits per heavy atom. The molecule has 2 atom stereocenters. The smallest absolute Gasteiger partial charge is 0.225 e. The van der Waals surface area contributed by atoms with E-state index in [0.29, 0.717) is 36.0 Å². The third-order valence-corrected chi connectivity index (χ3v) is 5.64. The number of nitrogens with zero attached hydrogens (tertiary/aromatic N) is 1. The van der Waals surface area contributed by atoms with Gasteiger partial charge in [-0.3, -0.25) is 4.79 Å². The summed E-state index contributed by atoms with van der Waals surface area (Å²) in [5, 5.41) is 11.0. The molecule has 0 spiro atoms. The second kappa shape index (κ2) is 10.3. The van der Waals surface area contributed by atoms with Crippen LogP contribution in [0.1, 0.15) is 43.4 Å². The molecule has 1 N–H and O–H groups in total. The molecule has 1 aliphatic rings. The fourth-order valence-corrected chi connectivity index (χ4v) is 3.94. The first-order valence-corrected chi connectivity index (χ1v) is 10.5. The molecule has 0 radical (unpaired) electrons. The standard InChI is InChI=1S/C24H31NO5/c1-4-18-11-8-14-25(24(18)27)15-20(26)19-12-13-21(28-2)23(29-3)22(19)30-16-17-9-6-5-7-10-17/h5-7,9-10,12-13,18,20,26H,4,8,11,14-16H2,1-3H3. The summed E-state index contributed by atoms with van der Waals surface area (Å²) >= 11 is 0. The number of β-amino-alcohol motifs (C(OH)–C–C–N with tert-alkyl or cyclic N) is 1. The van der Waals surface area contributed by atoms with E-state index in [1.807, 2.05) is 37.3 Å². The molecule has 1 heterocycles. The van der Waals surface area contributed by atoms with Crippen molar-refractivity contribution < 1.29 is 24.1 Å². The van der Waals surface area contributed by atoms with E-state index in [4.69, 9.17) is 14.2 Å². The second-order valence-corrected chi connectivity index (χ2v) is 7.54. The third-order valence-electron chi connectivity index (χ3n) is 5.64. The molecular weight excluding hydrogens is 382 g/mol. The molecule has 0 aromatic heterocycles. The summed E-state index contributed by atoms with van der Waals surface area (Å²) in [6, 6.07) is 13.3. The zero-order valence-corrected chi connectivity index (χ0v) is 18.0. The van der Waals surface area contributed by atoms with E-state index in [9.17, 15) is 9.90 Å². The molecule has 0 aliphatic carbocycles. The lowest BCUT2D eigenvalue weighted by atomic mass is 9.94. The highest BCUT2D eigenvalue weighted by molar-refractivity contribution is 5.79. The van der Waals surface area contributed by atoms with Crippen molar-refractivity contribution in [2.24, 2.45) is 5.92 Å². The van der Waals surface area contributed by atoms with E-state index >= 15 is 0 Å². The quantitative estimate of drug-likeness (QED) is 0.674. The third kappa shape index (κ3) is 4.87. The van der Waals surface area contributed by atoms with Crippen LogP contribution in [0.2, 0.25) is 0 Å². The maximum absolute atomic E-state index is 12.7. The van der Waals surface area contributed by atoms with Crippen LogP contribution in [-0.2, 0) is 11.4 Å². The number of likely N-dealkylation sites (tertiary alicyclic amines) is 1. The SMILES string of the molecule is CCC1CCCN(CC(O)c2ccc(OC)c(OC)c2OCc2ccccc2)C1=O. The monoisotopic (exact) mass is 413 g/mol. The molecule has 2 aromatic rings. The number of hydrogen-bond donors (Lipinski definition) is 1. The van der Waals surface area contributed by atoms with Crippen molar-refractivity contribution >= 4 is 5.91 Å². The van der Waals surface area contributed by atoms with Gasteiger partial charge < -0.3 is 24.2 Å². The number of aliphatic hydroxyl groups is 1. The van der Waals surface area contributed by atoms with Crippen molar-refractivity contribution in [1.82, 2.24) is 4.90 Å². The molecule has 1 amide bonds. The highest BCUT2D eigenvalue weighted by atomic mass is 16.5. The first-order valence-electron chi connectivity index (χ1n) is 10.5. The number of methoxy groups -OCH3 is 2. The first kappa shape index (κ1) is 22.0. The molecule has 6 heteroatoms. The van der Waals surface area contributed by atoms with Crippen LogP contribution in [0, 0.1) is 5.92 Å². The zero-order chi connectivity index (χ0) is 21.5. The van der Waals surface area contributed by atoms with E-state index in [1.54, 1.807) is 31.3 Å². The molecule has 1 saturated heterocycles. The Labute approximate surface area is 178 Å². The van der Waals surface area contributed by atoms with Crippen LogP contribution in [0.15, 0.2) is 42.5 Å². The van der Waals surface area contributed by atoms with Crippen LogP contribution in [0.25, 0.3) is 0 Å². The lowest BCUT2D eigenvalue weighted by molar-refractivity contribution is -0.140. The molecule has 3 rings (SSSR count). The predicted octanol–water partition coefficient (Wildman–Crippen LogP) is 3.96. The Kier molecular flexibility index (Phi) is 7.57. The van der Waals surface area contributed by atoms with Gasteiger partial charge in [0.25, 0.3) is 0 Å². The van der Waals surface area contributed by atoms with Gasteiger partial charge in [0.1, 0.15) is 12.7 Å². The Hall–Kier alpha value is -2.73. The van der Waals surface area contributed by atoms with E-state index in [-0.39, 0.29) is 18.4 Å². The second-order valence-electron chi connectivity index (χ2n) is 7.54. The summed E-state index contributed by atoms with van der Waals surface area (Å²) in [7, 11) is 3.11. The topological polar surface area (TPSA) is 68.2 Å². The van der Waals surface area contributed by atoms with E-state index in [1.165, 1.54) is 0 Å². The number of piperidine rings is 1. The minimum Gasteiger partial charge on any atom is -0.493 e. The van der Waals surface area contributed by atoms with Crippen molar-refractivity contribution in [3.05, 3.63) is 53.6 Å². The molecule has 2 unspecified atom stereocenters. The highest BCUT2D eigenvalue weighted by Crippen LogP contribution is 2.43. The van der Waals surface area contributed by atoms with Gasteiger partial charge in [-0.2, -0.15) is 0 Å². The molecule has 1 aliphatic heterocycles. The Bertz CT molecular complexity index is 839. The first-order chi connectivity index (χ1) is 14.6. The maximum atomic E-state index is 12.7. The van der Waals surface area contributed by atoms with Crippen molar-refractivity contribution in [3.63, 3.8) is 0 Å². The normalized spacial score (nSPS) is 17.5. The largest absolute Gasteiger partial charge is 0.493 e. The highest BCUT2D eigenvalue weighted by Gasteiger charge is 2.30. The molecule has 2 aromatic carbocycles. The summed E-state index contributed by atoms with van der Waals surface area (Å²) in [5.41, 5.74) is 1.58. The molecule has 1 fully saturated rings. The Morgan fingerprint density at radius 3 is 2.53 bits per heavy atom.